The van der Waals surface area contributed by atoms with Gasteiger partial charge in [-0.25, -0.2) is 0 Å². The van der Waals surface area contributed by atoms with Crippen LogP contribution < -0.4 is 5.32 Å². The number of carbonyl (C=O) groups excluding carboxylic acids is 1. The third-order valence-corrected chi connectivity index (χ3v) is 6.70. The van der Waals surface area contributed by atoms with Crippen molar-refractivity contribution < 1.29 is 4.79 Å². The van der Waals surface area contributed by atoms with Crippen molar-refractivity contribution in [2.45, 2.75) is 64.7 Å². The summed E-state index contributed by atoms with van der Waals surface area (Å²) in [7, 11) is 0. The number of piperidine rings is 1. The summed E-state index contributed by atoms with van der Waals surface area (Å²) in [6.07, 6.45) is 13.4. The first-order valence-corrected chi connectivity index (χ1v) is 11.9. The van der Waals surface area contributed by atoms with E-state index in [1.807, 2.05) is 23.3 Å². The lowest BCUT2D eigenvalue weighted by atomic mass is 9.88. The predicted octanol–water partition coefficient (Wildman–Crippen LogP) is 2.68. The van der Waals surface area contributed by atoms with Crippen molar-refractivity contribution >= 4 is 5.91 Å². The minimum absolute atomic E-state index is 0.0505. The molecule has 4 heterocycles. The number of nitrogens with one attached hydrogen (secondary N) is 1. The van der Waals surface area contributed by atoms with Gasteiger partial charge in [-0.15, -0.1) is 0 Å². The molecule has 0 spiro atoms. The summed E-state index contributed by atoms with van der Waals surface area (Å²) in [6, 6.07) is 4.42. The Labute approximate surface area is 185 Å². The van der Waals surface area contributed by atoms with Gasteiger partial charge in [-0.3, -0.25) is 24.3 Å². The first kappa shape index (κ1) is 22.0. The zero-order chi connectivity index (χ0) is 21.5. The summed E-state index contributed by atoms with van der Waals surface area (Å²) in [5.41, 5.74) is 2.52. The van der Waals surface area contributed by atoms with Gasteiger partial charge in [0.25, 0.3) is 0 Å². The molecule has 0 aliphatic carbocycles. The average Bonchev–Trinajstić information content (AvgIpc) is 3.24. The van der Waals surface area contributed by atoms with Crippen LogP contribution in [0.25, 0.3) is 0 Å². The molecule has 2 saturated heterocycles. The van der Waals surface area contributed by atoms with E-state index in [4.69, 9.17) is 0 Å². The number of hydrogen-bond donors (Lipinski definition) is 1. The molecule has 7 nitrogen and oxygen atoms in total. The SMILES string of the molecule is CCn1cc(CN2CCC3C(=O)NCCCCCCN(Cc4ccncc4)C3C2)cn1. The number of carbonyl (C=O) groups is 1. The second kappa shape index (κ2) is 10.9. The molecule has 2 aliphatic rings. The molecule has 2 aliphatic heterocycles. The second-order valence-corrected chi connectivity index (χ2v) is 8.93. The van der Waals surface area contributed by atoms with Crippen molar-refractivity contribution in [1.29, 1.82) is 0 Å². The molecule has 2 aromatic rings. The van der Waals surface area contributed by atoms with Gasteiger partial charge < -0.3 is 5.32 Å². The quantitative estimate of drug-likeness (QED) is 0.799. The van der Waals surface area contributed by atoms with Gasteiger partial charge in [0.05, 0.1) is 12.1 Å². The maximum atomic E-state index is 13.1. The molecular formula is C24H36N6O. The summed E-state index contributed by atoms with van der Waals surface area (Å²) >= 11 is 0. The van der Waals surface area contributed by atoms with Crippen LogP contribution in [0.4, 0.5) is 0 Å². The molecule has 2 atom stereocenters. The van der Waals surface area contributed by atoms with E-state index in [2.05, 4.69) is 50.5 Å². The molecule has 2 unspecified atom stereocenters. The van der Waals surface area contributed by atoms with E-state index in [-0.39, 0.29) is 17.9 Å². The third-order valence-electron chi connectivity index (χ3n) is 6.70. The Kier molecular flexibility index (Phi) is 7.70. The van der Waals surface area contributed by atoms with Crippen molar-refractivity contribution in [2.24, 2.45) is 5.92 Å². The van der Waals surface area contributed by atoms with Gasteiger partial charge in [0.15, 0.2) is 0 Å². The molecule has 168 valence electrons. The maximum Gasteiger partial charge on any atom is 0.224 e. The minimum Gasteiger partial charge on any atom is -0.356 e. The van der Waals surface area contributed by atoms with Gasteiger partial charge in [-0.05, 0) is 57.0 Å². The molecule has 2 aromatic heterocycles. The van der Waals surface area contributed by atoms with Crippen molar-refractivity contribution in [3.63, 3.8) is 0 Å². The Morgan fingerprint density at radius 2 is 1.90 bits per heavy atom. The average molecular weight is 425 g/mol. The van der Waals surface area contributed by atoms with Gasteiger partial charge in [-0.2, -0.15) is 5.10 Å². The van der Waals surface area contributed by atoms with E-state index in [1.165, 1.54) is 30.4 Å². The Morgan fingerprint density at radius 1 is 1.06 bits per heavy atom. The zero-order valence-corrected chi connectivity index (χ0v) is 18.7. The van der Waals surface area contributed by atoms with Crippen LogP contribution in [0.15, 0.2) is 36.9 Å². The predicted molar refractivity (Wildman–Crippen MR) is 121 cm³/mol. The van der Waals surface area contributed by atoms with Gasteiger partial charge in [0.2, 0.25) is 5.91 Å². The first-order chi connectivity index (χ1) is 15.2. The third kappa shape index (κ3) is 5.92. The number of fused-ring (bicyclic) bond motifs is 1. The highest BCUT2D eigenvalue weighted by atomic mass is 16.1. The fraction of sp³-hybridized carbons (Fsp3) is 0.625. The van der Waals surface area contributed by atoms with Gasteiger partial charge in [0.1, 0.15) is 0 Å². The topological polar surface area (TPSA) is 66.3 Å². The molecule has 1 N–H and O–H groups in total. The van der Waals surface area contributed by atoms with E-state index >= 15 is 0 Å². The van der Waals surface area contributed by atoms with Crippen molar-refractivity contribution in [3.05, 3.63) is 48.0 Å². The van der Waals surface area contributed by atoms with E-state index in [0.29, 0.717) is 0 Å². The largest absolute Gasteiger partial charge is 0.356 e. The molecule has 0 aromatic carbocycles. The first-order valence-electron chi connectivity index (χ1n) is 11.9. The van der Waals surface area contributed by atoms with Crippen molar-refractivity contribution in [1.82, 2.24) is 29.9 Å². The van der Waals surface area contributed by atoms with Crippen molar-refractivity contribution in [3.8, 4) is 0 Å². The lowest BCUT2D eigenvalue weighted by Gasteiger charge is -2.43. The smallest absolute Gasteiger partial charge is 0.224 e. The minimum atomic E-state index is 0.0505. The lowest BCUT2D eigenvalue weighted by molar-refractivity contribution is -0.129. The number of pyridine rings is 1. The van der Waals surface area contributed by atoms with E-state index in [0.717, 1.165) is 58.7 Å². The molecule has 2 fully saturated rings. The number of hydrogen-bond acceptors (Lipinski definition) is 5. The Morgan fingerprint density at radius 3 is 2.71 bits per heavy atom. The van der Waals surface area contributed by atoms with Gasteiger partial charge >= 0.3 is 0 Å². The molecule has 0 bridgehead atoms. The van der Waals surface area contributed by atoms with Crippen LogP contribution in [0.2, 0.25) is 0 Å². The standard InChI is InChI=1S/C24H36N6O/c1-2-30-18-21(15-27-30)16-28-14-9-22-23(19-28)29(17-20-7-11-25-12-8-20)13-6-4-3-5-10-26-24(22)31/h7-8,11-12,15,18,22-23H,2-6,9-10,13-14,16-17,19H2,1H3,(H,26,31). The van der Waals surface area contributed by atoms with Crippen LogP contribution in [0.3, 0.4) is 0 Å². The van der Waals surface area contributed by atoms with Crippen LogP contribution in [0.5, 0.6) is 0 Å². The highest BCUT2D eigenvalue weighted by molar-refractivity contribution is 5.79. The molecule has 4 rings (SSSR count). The van der Waals surface area contributed by atoms with Crippen molar-refractivity contribution in [2.75, 3.05) is 26.2 Å². The summed E-state index contributed by atoms with van der Waals surface area (Å²) in [6.45, 7) is 8.50. The number of rotatable bonds is 5. The van der Waals surface area contributed by atoms with E-state index in [9.17, 15) is 4.79 Å². The Hall–Kier alpha value is -2.25. The van der Waals surface area contributed by atoms with Crippen LogP contribution in [0.1, 0.15) is 50.2 Å². The molecule has 0 saturated carbocycles. The van der Waals surface area contributed by atoms with Crippen LogP contribution in [-0.4, -0.2) is 62.7 Å². The summed E-state index contributed by atoms with van der Waals surface area (Å²) in [5.74, 6) is 0.291. The molecule has 0 radical (unpaired) electrons. The number of likely N-dealkylation sites (tertiary alicyclic amines) is 1. The Bertz CT molecular complexity index is 822. The molecule has 1 amide bonds. The highest BCUT2D eigenvalue weighted by Crippen LogP contribution is 2.27. The van der Waals surface area contributed by atoms with Gasteiger partial charge in [0, 0.05) is 62.9 Å². The summed E-state index contributed by atoms with van der Waals surface area (Å²) < 4.78 is 1.98. The monoisotopic (exact) mass is 424 g/mol. The number of aromatic nitrogens is 3. The second-order valence-electron chi connectivity index (χ2n) is 8.93. The van der Waals surface area contributed by atoms with Crippen LogP contribution >= 0.6 is 0 Å². The van der Waals surface area contributed by atoms with E-state index < -0.39 is 0 Å². The highest BCUT2D eigenvalue weighted by Gasteiger charge is 2.37. The summed E-state index contributed by atoms with van der Waals surface area (Å²) in [4.78, 5) is 22.3. The van der Waals surface area contributed by atoms with Gasteiger partial charge in [-0.1, -0.05) is 12.8 Å². The number of nitrogens with zero attached hydrogens (tertiary/aromatic N) is 5. The Balaban J connectivity index is 1.53. The molecule has 31 heavy (non-hydrogen) atoms. The zero-order valence-electron chi connectivity index (χ0n) is 18.7. The lowest BCUT2D eigenvalue weighted by Crippen LogP contribution is -2.56. The normalized spacial score (nSPS) is 24.2. The fourth-order valence-corrected chi connectivity index (χ4v) is 4.96. The summed E-state index contributed by atoms with van der Waals surface area (Å²) in [5, 5.41) is 7.67. The maximum absolute atomic E-state index is 13.1. The van der Waals surface area contributed by atoms with E-state index in [1.54, 1.807) is 0 Å². The van der Waals surface area contributed by atoms with Crippen LogP contribution in [0, 0.1) is 5.92 Å². The fourth-order valence-electron chi connectivity index (χ4n) is 4.96. The number of aryl methyl sites for hydroxylation is 1. The molecule has 7 heteroatoms. The van der Waals surface area contributed by atoms with Crippen LogP contribution in [-0.2, 0) is 24.4 Å². The molecular weight excluding hydrogens is 388 g/mol. The number of amides is 1.